The van der Waals surface area contributed by atoms with E-state index in [1.165, 1.54) is 0 Å². The van der Waals surface area contributed by atoms with E-state index < -0.39 is 17.5 Å². The number of rotatable bonds is 13. The Morgan fingerprint density at radius 2 is 1.66 bits per heavy atom. The summed E-state index contributed by atoms with van der Waals surface area (Å²) >= 11 is 3.60. The largest absolute Gasteiger partial charge is 0.491 e. The summed E-state index contributed by atoms with van der Waals surface area (Å²) in [5, 5.41) is 5.47. The number of carbonyl (C=O) groups is 2. The van der Waals surface area contributed by atoms with E-state index in [1.807, 2.05) is 32.8 Å². The van der Waals surface area contributed by atoms with Crippen molar-refractivity contribution in [3.05, 3.63) is 39.9 Å². The number of nitrogens with two attached hydrogens (primary N) is 3. The average Bonchev–Trinajstić information content (AvgIpc) is 3.42. The Morgan fingerprint density at radius 1 is 1.02 bits per heavy atom. The molecule has 4 aromatic rings. The molecule has 0 aliphatic heterocycles. The van der Waals surface area contributed by atoms with Crippen molar-refractivity contribution < 1.29 is 19.1 Å². The first kappa shape index (κ1) is 30.0. The number of benzene rings is 2. The number of nitrogen functional groups attached to an aromatic ring is 1. The molecule has 41 heavy (non-hydrogen) atoms. The van der Waals surface area contributed by atoms with Gasteiger partial charge in [0, 0.05) is 42.3 Å². The second-order valence-electron chi connectivity index (χ2n) is 9.77. The van der Waals surface area contributed by atoms with Crippen molar-refractivity contribution in [3.8, 4) is 5.75 Å². The number of hydrogen-bond acceptors (Lipinski definition) is 10. The maximum atomic E-state index is 12.1. The molecule has 0 aliphatic carbocycles. The Balaban J connectivity index is 2.05. The van der Waals surface area contributed by atoms with Crippen molar-refractivity contribution in [1.29, 1.82) is 0 Å². The molecule has 2 aromatic heterocycles. The van der Waals surface area contributed by atoms with Crippen LogP contribution in [0.2, 0.25) is 0 Å². The molecule has 0 bridgehead atoms. The molecule has 0 unspecified atom stereocenters. The van der Waals surface area contributed by atoms with E-state index in [9.17, 15) is 9.59 Å². The van der Waals surface area contributed by atoms with Crippen LogP contribution in [0.4, 0.5) is 11.9 Å². The maximum Gasteiger partial charge on any atom is 0.248 e. The van der Waals surface area contributed by atoms with E-state index in [-0.39, 0.29) is 17.1 Å². The fourth-order valence-corrected chi connectivity index (χ4v) is 5.37. The van der Waals surface area contributed by atoms with Gasteiger partial charge in [-0.25, -0.2) is 24.3 Å². The molecule has 220 valence electrons. The van der Waals surface area contributed by atoms with Gasteiger partial charge in [0.1, 0.15) is 22.4 Å². The number of fused-ring (bicyclic) bond motifs is 2. The number of methoxy groups -OCH3 is 1. The zero-order valence-corrected chi connectivity index (χ0v) is 25.2. The van der Waals surface area contributed by atoms with Crippen molar-refractivity contribution in [2.75, 3.05) is 45.0 Å². The molecule has 14 nitrogen and oxygen atoms in total. The second-order valence-corrected chi connectivity index (χ2v) is 10.6. The highest BCUT2D eigenvalue weighted by molar-refractivity contribution is 9.10. The zero-order chi connectivity index (χ0) is 30.1. The number of nitrogens with one attached hydrogen (secondary N) is 2. The first-order chi connectivity index (χ1) is 19.4. The van der Waals surface area contributed by atoms with Gasteiger partial charge in [0.15, 0.2) is 0 Å². The second kappa shape index (κ2) is 11.9. The lowest BCUT2D eigenvalue weighted by atomic mass is 10.1. The van der Waals surface area contributed by atoms with Crippen LogP contribution < -0.4 is 32.7 Å². The third-order valence-corrected chi connectivity index (χ3v) is 7.20. The van der Waals surface area contributed by atoms with Gasteiger partial charge in [-0.3, -0.25) is 15.0 Å². The van der Waals surface area contributed by atoms with Crippen LogP contribution >= 0.6 is 15.9 Å². The van der Waals surface area contributed by atoms with E-state index in [0.29, 0.717) is 64.4 Å². The zero-order valence-electron chi connectivity index (χ0n) is 23.6. The minimum atomic E-state index is -0.647. The van der Waals surface area contributed by atoms with Crippen LogP contribution in [0.5, 0.6) is 5.75 Å². The van der Waals surface area contributed by atoms with Crippen LogP contribution in [0.1, 0.15) is 47.9 Å². The van der Waals surface area contributed by atoms with Crippen LogP contribution in [0, 0.1) is 0 Å². The van der Waals surface area contributed by atoms with Crippen LogP contribution in [-0.2, 0) is 4.74 Å². The molecule has 2 heterocycles. The summed E-state index contributed by atoms with van der Waals surface area (Å²) in [7, 11) is 3.44. The molecule has 4 rings (SSSR count). The molecule has 0 atom stereocenters. The summed E-state index contributed by atoms with van der Waals surface area (Å²) in [4.78, 5) is 33.6. The lowest BCUT2D eigenvalue weighted by Crippen LogP contribution is -2.55. The molecule has 0 saturated carbocycles. The molecule has 0 saturated heterocycles. The SMILES string of the molecule is CCN(NC)C(C)(C)Nc1nc2cc(C(N)=O)cc(Br)c2n1-n1c(N)nc2cc(C(N)=O)cc(OCCCOC)c21. The summed E-state index contributed by atoms with van der Waals surface area (Å²) in [6.45, 7) is 7.46. The van der Waals surface area contributed by atoms with Crippen molar-refractivity contribution in [2.24, 2.45) is 11.5 Å². The van der Waals surface area contributed by atoms with Crippen LogP contribution in [-0.4, -0.2) is 75.7 Å². The van der Waals surface area contributed by atoms with Crippen molar-refractivity contribution >= 4 is 61.7 Å². The Kier molecular flexibility index (Phi) is 8.72. The molecular weight excluding hydrogens is 596 g/mol. The van der Waals surface area contributed by atoms with Crippen LogP contribution in [0.15, 0.2) is 28.7 Å². The van der Waals surface area contributed by atoms with Gasteiger partial charge in [0.25, 0.3) is 0 Å². The molecule has 8 N–H and O–H groups in total. The summed E-state index contributed by atoms with van der Waals surface area (Å²) in [6, 6.07) is 6.34. The third kappa shape index (κ3) is 5.79. The molecule has 2 amide bonds. The van der Waals surface area contributed by atoms with E-state index in [0.717, 1.165) is 0 Å². The average molecular weight is 632 g/mol. The number of nitrogens with zero attached hydrogens (tertiary/aromatic N) is 5. The maximum absolute atomic E-state index is 12.1. The first-order valence-electron chi connectivity index (χ1n) is 12.9. The van der Waals surface area contributed by atoms with E-state index >= 15 is 0 Å². The molecule has 0 radical (unpaired) electrons. The van der Waals surface area contributed by atoms with E-state index in [4.69, 9.17) is 31.7 Å². The third-order valence-electron chi connectivity index (χ3n) is 6.60. The Labute approximate surface area is 245 Å². The smallest absolute Gasteiger partial charge is 0.248 e. The highest BCUT2D eigenvalue weighted by Gasteiger charge is 2.30. The Morgan fingerprint density at radius 3 is 2.24 bits per heavy atom. The number of halogens is 1. The van der Waals surface area contributed by atoms with Gasteiger partial charge >= 0.3 is 0 Å². The molecule has 0 aliphatic rings. The highest BCUT2D eigenvalue weighted by Crippen LogP contribution is 2.36. The summed E-state index contributed by atoms with van der Waals surface area (Å²) in [6.07, 6.45) is 0.607. The van der Waals surface area contributed by atoms with Gasteiger partial charge in [-0.05, 0) is 61.1 Å². The van der Waals surface area contributed by atoms with Gasteiger partial charge in [0.2, 0.25) is 23.7 Å². The Bertz CT molecular complexity index is 1610. The van der Waals surface area contributed by atoms with E-state index in [1.54, 1.807) is 40.7 Å². The fraction of sp³-hybridized carbons (Fsp3) is 0.385. The van der Waals surface area contributed by atoms with Crippen LogP contribution in [0.25, 0.3) is 22.1 Å². The van der Waals surface area contributed by atoms with Gasteiger partial charge in [0.05, 0.1) is 17.6 Å². The normalized spacial score (nSPS) is 12.0. The number of aromatic nitrogens is 4. The predicted octanol–water partition coefficient (Wildman–Crippen LogP) is 2.26. The lowest BCUT2D eigenvalue weighted by Gasteiger charge is -2.38. The number of ether oxygens (including phenoxy) is 2. The van der Waals surface area contributed by atoms with Crippen molar-refractivity contribution in [1.82, 2.24) is 29.8 Å². The molecule has 0 fully saturated rings. The van der Waals surface area contributed by atoms with Crippen molar-refractivity contribution in [2.45, 2.75) is 32.9 Å². The highest BCUT2D eigenvalue weighted by atomic mass is 79.9. The fourth-order valence-electron chi connectivity index (χ4n) is 4.76. The Hall–Kier alpha value is -3.92. The van der Waals surface area contributed by atoms with E-state index in [2.05, 4.69) is 31.7 Å². The number of primary amides is 2. The number of anilines is 2. The van der Waals surface area contributed by atoms with Crippen LogP contribution in [0.3, 0.4) is 0 Å². The molecular formula is C26H35BrN10O4. The number of hydrogen-bond donors (Lipinski definition) is 5. The van der Waals surface area contributed by atoms with Crippen molar-refractivity contribution in [3.63, 3.8) is 0 Å². The summed E-state index contributed by atoms with van der Waals surface area (Å²) < 4.78 is 15.2. The standard InChI is InChI=1S/C26H35BrN10O4/c1-6-35(31-4)26(2,3)34-25-33-17-11-14(22(28)38)10-16(27)20(17)37(25)36-21-18(32-24(36)30)12-15(23(29)39)13-19(21)41-9-7-8-40-5/h10-13,31H,6-9H2,1-5H3,(H2,28,38)(H2,29,39)(H2,30,32)(H,33,34). The minimum absolute atomic E-state index is 0.0929. The summed E-state index contributed by atoms with van der Waals surface area (Å²) in [5.74, 6) is -0.402. The monoisotopic (exact) mass is 630 g/mol. The number of carbonyl (C=O) groups excluding carboxylic acids is 2. The molecule has 0 spiro atoms. The topological polar surface area (TPSA) is 194 Å². The van der Waals surface area contributed by atoms with Gasteiger partial charge in [-0.15, -0.1) is 0 Å². The number of amides is 2. The van der Waals surface area contributed by atoms with Gasteiger partial charge in [-0.2, -0.15) is 0 Å². The molecule has 15 heteroatoms. The van der Waals surface area contributed by atoms with Gasteiger partial charge in [-0.1, -0.05) is 6.92 Å². The minimum Gasteiger partial charge on any atom is -0.491 e. The molecule has 2 aromatic carbocycles. The first-order valence-corrected chi connectivity index (χ1v) is 13.7. The lowest BCUT2D eigenvalue weighted by molar-refractivity contribution is 0.0986. The van der Waals surface area contributed by atoms with Gasteiger partial charge < -0.3 is 32.0 Å². The quantitative estimate of drug-likeness (QED) is 0.0830. The predicted molar refractivity (Wildman–Crippen MR) is 161 cm³/mol. The number of imidazole rings is 2. The summed E-state index contributed by atoms with van der Waals surface area (Å²) in [5.41, 5.74) is 22.7. The number of hydrazine groups is 1.